The van der Waals surface area contributed by atoms with Crippen molar-refractivity contribution < 1.29 is 9.59 Å². The average molecular weight is 474 g/mol. The summed E-state index contributed by atoms with van der Waals surface area (Å²) in [5.74, 6) is 0.253. The van der Waals surface area contributed by atoms with Gasteiger partial charge < -0.3 is 14.4 Å². The van der Waals surface area contributed by atoms with Crippen LogP contribution in [0.1, 0.15) is 61.0 Å². The van der Waals surface area contributed by atoms with Crippen LogP contribution in [-0.4, -0.2) is 41.4 Å². The van der Waals surface area contributed by atoms with Gasteiger partial charge in [-0.25, -0.2) is 0 Å². The van der Waals surface area contributed by atoms with E-state index in [1.165, 1.54) is 0 Å². The molecule has 2 amide bonds. The van der Waals surface area contributed by atoms with E-state index < -0.39 is 0 Å². The molecule has 35 heavy (non-hydrogen) atoms. The van der Waals surface area contributed by atoms with Gasteiger partial charge in [0.25, 0.3) is 11.5 Å². The molecule has 3 aromatic rings. The maximum Gasteiger partial charge on any atom is 0.258 e. The van der Waals surface area contributed by atoms with E-state index >= 15 is 0 Å². The zero-order valence-electron chi connectivity index (χ0n) is 21.4. The highest BCUT2D eigenvalue weighted by molar-refractivity contribution is 6.07. The Morgan fingerprint density at radius 3 is 2.29 bits per heavy atom. The van der Waals surface area contributed by atoms with Crippen LogP contribution in [0.2, 0.25) is 0 Å². The minimum Gasteiger partial charge on any atom is -0.342 e. The lowest BCUT2D eigenvalue weighted by molar-refractivity contribution is -0.135. The van der Waals surface area contributed by atoms with Crippen LogP contribution >= 0.6 is 0 Å². The van der Waals surface area contributed by atoms with Gasteiger partial charge in [0.2, 0.25) is 5.91 Å². The molecule has 0 aliphatic carbocycles. The lowest BCUT2D eigenvalue weighted by Crippen LogP contribution is -2.40. The van der Waals surface area contributed by atoms with E-state index in [9.17, 15) is 14.4 Å². The molecule has 1 saturated heterocycles. The summed E-state index contributed by atoms with van der Waals surface area (Å²) in [4.78, 5) is 42.4. The molecule has 184 valence electrons. The van der Waals surface area contributed by atoms with E-state index in [-0.39, 0.29) is 29.2 Å². The Labute approximate surface area is 207 Å². The monoisotopic (exact) mass is 473 g/mol. The number of aryl methyl sites for hydroxylation is 2. The van der Waals surface area contributed by atoms with Crippen molar-refractivity contribution >= 4 is 28.4 Å². The first-order chi connectivity index (χ1) is 16.7. The van der Waals surface area contributed by atoms with Crippen molar-refractivity contribution in [1.29, 1.82) is 0 Å². The summed E-state index contributed by atoms with van der Waals surface area (Å²) in [7, 11) is 1.78. The van der Waals surface area contributed by atoms with E-state index in [0.29, 0.717) is 25.2 Å². The first-order valence-corrected chi connectivity index (χ1v) is 12.5. The number of benzene rings is 2. The predicted octanol–water partition coefficient (Wildman–Crippen LogP) is 4.97. The van der Waals surface area contributed by atoms with Gasteiger partial charge in [-0.3, -0.25) is 14.4 Å². The van der Waals surface area contributed by atoms with Crippen molar-refractivity contribution in [2.45, 2.75) is 53.0 Å². The normalized spacial score (nSPS) is 14.5. The molecule has 4 rings (SSSR count). The van der Waals surface area contributed by atoms with Crippen LogP contribution < -0.4 is 10.5 Å². The van der Waals surface area contributed by atoms with Crippen LogP contribution in [-0.2, 0) is 11.3 Å². The number of carbonyl (C=O) groups excluding carboxylic acids is 2. The second kappa shape index (κ2) is 10.1. The summed E-state index contributed by atoms with van der Waals surface area (Å²) in [5.41, 5.74) is 4.39. The van der Waals surface area contributed by atoms with Gasteiger partial charge in [-0.1, -0.05) is 31.5 Å². The molecule has 2 aromatic carbocycles. The number of nitrogens with zero attached hydrogens (tertiary/aromatic N) is 3. The molecule has 0 atom stereocenters. The number of aromatic nitrogens is 1. The average Bonchev–Trinajstić information content (AvgIpc) is 2.87. The topological polar surface area (TPSA) is 62.6 Å². The number of rotatable bonds is 5. The zero-order chi connectivity index (χ0) is 25.3. The highest BCUT2D eigenvalue weighted by Crippen LogP contribution is 2.33. The molecule has 1 aromatic heterocycles. The molecule has 0 spiro atoms. The maximum atomic E-state index is 13.4. The number of fused-ring (bicyclic) bond motifs is 1. The predicted molar refractivity (Wildman–Crippen MR) is 141 cm³/mol. The van der Waals surface area contributed by atoms with Crippen LogP contribution in [0.15, 0.2) is 53.3 Å². The standard InChI is InChI=1S/C29H35N3O3/c1-6-32-26-12-9-22(29(35)30(5)23-10-7-20(4)8-11-23)17-25(26)24(18-27(32)33)21-13-15-31(16-14-21)28(34)19(2)3/h7-12,17-19,21H,6,13-16H2,1-5H3. The number of hydrogen-bond donors (Lipinski definition) is 0. The van der Waals surface area contributed by atoms with Crippen molar-refractivity contribution in [2.75, 3.05) is 25.0 Å². The molecular weight excluding hydrogens is 438 g/mol. The third-order valence-electron chi connectivity index (χ3n) is 7.17. The van der Waals surface area contributed by atoms with Gasteiger partial charge in [-0.05, 0) is 68.5 Å². The molecule has 0 radical (unpaired) electrons. The van der Waals surface area contributed by atoms with Gasteiger partial charge in [-0.15, -0.1) is 0 Å². The maximum absolute atomic E-state index is 13.4. The summed E-state index contributed by atoms with van der Waals surface area (Å²) in [5, 5.41) is 0.947. The fraction of sp³-hybridized carbons (Fsp3) is 0.414. The van der Waals surface area contributed by atoms with Crippen molar-refractivity contribution in [1.82, 2.24) is 9.47 Å². The molecule has 1 aliphatic heterocycles. The second-order valence-corrected chi connectivity index (χ2v) is 9.87. The number of carbonyl (C=O) groups is 2. The van der Waals surface area contributed by atoms with Gasteiger partial charge in [0.1, 0.15) is 0 Å². The number of likely N-dealkylation sites (tertiary alicyclic amines) is 1. The molecule has 1 fully saturated rings. The first-order valence-electron chi connectivity index (χ1n) is 12.5. The van der Waals surface area contributed by atoms with E-state index in [0.717, 1.165) is 40.6 Å². The number of anilines is 1. The molecule has 0 bridgehead atoms. The highest BCUT2D eigenvalue weighted by Gasteiger charge is 2.27. The Kier molecular flexibility index (Phi) is 7.10. The van der Waals surface area contributed by atoms with E-state index in [2.05, 4.69) is 0 Å². The summed E-state index contributed by atoms with van der Waals surface area (Å²) in [6.45, 7) is 9.78. The summed E-state index contributed by atoms with van der Waals surface area (Å²) in [6, 6.07) is 15.3. The number of hydrogen-bond acceptors (Lipinski definition) is 3. The number of pyridine rings is 1. The molecule has 0 unspecified atom stereocenters. The number of amides is 2. The minimum absolute atomic E-state index is 0.0139. The van der Waals surface area contributed by atoms with Gasteiger partial charge in [-0.2, -0.15) is 0 Å². The van der Waals surface area contributed by atoms with Crippen LogP contribution in [0.25, 0.3) is 10.9 Å². The van der Waals surface area contributed by atoms with Gasteiger partial charge in [0.15, 0.2) is 0 Å². The quantitative estimate of drug-likeness (QED) is 0.526. The molecule has 1 aliphatic rings. The molecule has 6 nitrogen and oxygen atoms in total. The zero-order valence-corrected chi connectivity index (χ0v) is 21.4. The van der Waals surface area contributed by atoms with Crippen molar-refractivity contribution in [3.63, 3.8) is 0 Å². The van der Waals surface area contributed by atoms with Gasteiger partial charge in [0.05, 0.1) is 5.52 Å². The molecular formula is C29H35N3O3. The van der Waals surface area contributed by atoms with Crippen molar-refractivity contribution in [3.8, 4) is 0 Å². The fourth-order valence-electron chi connectivity index (χ4n) is 5.06. The first kappa shape index (κ1) is 24.7. The SMILES string of the molecule is CCn1c(=O)cc(C2CCN(C(=O)C(C)C)CC2)c2cc(C(=O)N(C)c3ccc(C)cc3)ccc21. The summed E-state index contributed by atoms with van der Waals surface area (Å²) < 4.78 is 1.76. The smallest absolute Gasteiger partial charge is 0.258 e. The van der Waals surface area contributed by atoms with Crippen LogP contribution in [0.5, 0.6) is 0 Å². The third-order valence-corrected chi connectivity index (χ3v) is 7.17. The summed E-state index contributed by atoms with van der Waals surface area (Å²) >= 11 is 0. The van der Waals surface area contributed by atoms with Gasteiger partial charge >= 0.3 is 0 Å². The fourth-order valence-corrected chi connectivity index (χ4v) is 5.06. The molecule has 0 saturated carbocycles. The van der Waals surface area contributed by atoms with E-state index in [1.54, 1.807) is 22.6 Å². The van der Waals surface area contributed by atoms with E-state index in [4.69, 9.17) is 0 Å². The third kappa shape index (κ3) is 4.88. The molecule has 6 heteroatoms. The Morgan fingerprint density at radius 1 is 1.03 bits per heavy atom. The minimum atomic E-state index is -0.0895. The lowest BCUT2D eigenvalue weighted by atomic mass is 9.86. The highest BCUT2D eigenvalue weighted by atomic mass is 16.2. The van der Waals surface area contributed by atoms with Crippen LogP contribution in [0, 0.1) is 12.8 Å². The number of piperidine rings is 1. The second-order valence-electron chi connectivity index (χ2n) is 9.87. The van der Waals surface area contributed by atoms with Crippen LogP contribution in [0.3, 0.4) is 0 Å². The van der Waals surface area contributed by atoms with E-state index in [1.807, 2.05) is 75.1 Å². The Hall–Kier alpha value is -3.41. The van der Waals surface area contributed by atoms with Gasteiger partial charge in [0, 0.05) is 55.3 Å². The lowest BCUT2D eigenvalue weighted by Gasteiger charge is -2.34. The summed E-state index contributed by atoms with van der Waals surface area (Å²) in [6.07, 6.45) is 1.62. The Morgan fingerprint density at radius 2 is 1.69 bits per heavy atom. The Bertz CT molecular complexity index is 1300. The Balaban J connectivity index is 1.71. The van der Waals surface area contributed by atoms with Crippen LogP contribution in [0.4, 0.5) is 5.69 Å². The largest absolute Gasteiger partial charge is 0.342 e. The molecule has 0 N–H and O–H groups in total. The van der Waals surface area contributed by atoms with Crippen molar-refractivity contribution in [2.24, 2.45) is 5.92 Å². The van der Waals surface area contributed by atoms with Crippen molar-refractivity contribution in [3.05, 3.63) is 75.6 Å². The molecule has 2 heterocycles.